The Labute approximate surface area is 129 Å². The Bertz CT molecular complexity index is 426. The molecule has 3 rings (SSSR count). The van der Waals surface area contributed by atoms with Crippen LogP contribution < -0.4 is 5.32 Å². The minimum absolute atomic E-state index is 0.609. The highest BCUT2D eigenvalue weighted by atomic mass is 15.3. The molecular weight excluding hydrogens is 256 g/mol. The molecule has 1 aromatic carbocycles. The molecule has 116 valence electrons. The Morgan fingerprint density at radius 2 is 2.00 bits per heavy atom. The lowest BCUT2D eigenvalue weighted by atomic mass is 9.79. The number of benzene rings is 1. The molecule has 1 heterocycles. The second-order valence-corrected chi connectivity index (χ2v) is 6.99. The molecule has 1 aliphatic heterocycles. The summed E-state index contributed by atoms with van der Waals surface area (Å²) in [5, 5.41) is 3.79. The van der Waals surface area contributed by atoms with Gasteiger partial charge < -0.3 is 5.32 Å². The normalized spacial score (nSPS) is 29.0. The van der Waals surface area contributed by atoms with Gasteiger partial charge in [-0.3, -0.25) is 4.90 Å². The van der Waals surface area contributed by atoms with Crippen molar-refractivity contribution >= 4 is 0 Å². The van der Waals surface area contributed by atoms with E-state index in [0.29, 0.717) is 6.04 Å². The maximum absolute atomic E-state index is 3.79. The van der Waals surface area contributed by atoms with E-state index in [1.54, 1.807) is 0 Å². The fraction of sp³-hybridized carbons (Fsp3) is 0.684. The van der Waals surface area contributed by atoms with Crippen molar-refractivity contribution in [3.63, 3.8) is 0 Å². The smallest absolute Gasteiger partial charge is 0.0236 e. The Morgan fingerprint density at radius 3 is 2.62 bits per heavy atom. The molecule has 2 heteroatoms. The van der Waals surface area contributed by atoms with Gasteiger partial charge in [-0.25, -0.2) is 0 Å². The largest absolute Gasteiger partial charge is 0.311 e. The van der Waals surface area contributed by atoms with Crippen molar-refractivity contribution < 1.29 is 0 Å². The first-order valence-corrected chi connectivity index (χ1v) is 8.81. The molecule has 2 aliphatic rings. The summed E-state index contributed by atoms with van der Waals surface area (Å²) in [4.78, 5) is 2.81. The van der Waals surface area contributed by atoms with Gasteiger partial charge in [0.25, 0.3) is 0 Å². The highest BCUT2D eigenvalue weighted by molar-refractivity contribution is 5.16. The Balaban J connectivity index is 1.63. The fourth-order valence-corrected chi connectivity index (χ4v) is 3.99. The molecule has 3 unspecified atom stereocenters. The van der Waals surface area contributed by atoms with Crippen LogP contribution in [0.2, 0.25) is 0 Å². The lowest BCUT2D eigenvalue weighted by molar-refractivity contribution is 0.0349. The van der Waals surface area contributed by atoms with Gasteiger partial charge in [0.2, 0.25) is 0 Å². The highest BCUT2D eigenvalue weighted by Gasteiger charge is 2.35. The number of rotatable bonds is 5. The van der Waals surface area contributed by atoms with Gasteiger partial charge in [0.05, 0.1) is 0 Å². The van der Waals surface area contributed by atoms with Crippen LogP contribution in [0.25, 0.3) is 0 Å². The molecule has 21 heavy (non-hydrogen) atoms. The molecule has 0 amide bonds. The molecule has 0 bridgehead atoms. The lowest BCUT2D eigenvalue weighted by Gasteiger charge is -2.48. The van der Waals surface area contributed by atoms with Crippen LogP contribution in [0.15, 0.2) is 30.3 Å². The second-order valence-electron chi connectivity index (χ2n) is 6.99. The molecule has 1 aromatic rings. The van der Waals surface area contributed by atoms with E-state index in [4.69, 9.17) is 0 Å². The molecule has 2 fully saturated rings. The van der Waals surface area contributed by atoms with Crippen molar-refractivity contribution in [1.29, 1.82) is 0 Å². The third-order valence-electron chi connectivity index (χ3n) is 5.69. The molecule has 1 N–H and O–H groups in total. The Kier molecular flexibility index (Phi) is 4.97. The molecule has 0 aromatic heterocycles. The van der Waals surface area contributed by atoms with Crippen molar-refractivity contribution in [2.24, 2.45) is 5.92 Å². The lowest BCUT2D eigenvalue weighted by Crippen LogP contribution is -2.61. The van der Waals surface area contributed by atoms with Gasteiger partial charge in [-0.2, -0.15) is 0 Å². The summed E-state index contributed by atoms with van der Waals surface area (Å²) in [5.41, 5.74) is 1.46. The molecule has 1 saturated heterocycles. The van der Waals surface area contributed by atoms with Crippen LogP contribution in [0.1, 0.15) is 45.1 Å². The van der Waals surface area contributed by atoms with Crippen LogP contribution in [-0.2, 0) is 6.42 Å². The number of nitrogens with zero attached hydrogens (tertiary/aromatic N) is 1. The third kappa shape index (κ3) is 3.49. The molecular formula is C19H30N2. The molecule has 0 radical (unpaired) electrons. The predicted octanol–water partition coefficient (Wildman–Crippen LogP) is 3.47. The van der Waals surface area contributed by atoms with E-state index in [2.05, 4.69) is 54.4 Å². The fourth-order valence-electron chi connectivity index (χ4n) is 3.99. The Morgan fingerprint density at radius 1 is 1.24 bits per heavy atom. The van der Waals surface area contributed by atoms with Crippen molar-refractivity contribution in [2.45, 2.75) is 64.1 Å². The van der Waals surface area contributed by atoms with Crippen LogP contribution >= 0.6 is 0 Å². The van der Waals surface area contributed by atoms with E-state index in [1.807, 2.05) is 0 Å². The summed E-state index contributed by atoms with van der Waals surface area (Å²) >= 11 is 0. The molecule has 0 spiro atoms. The summed E-state index contributed by atoms with van der Waals surface area (Å²) in [6.45, 7) is 7.18. The van der Waals surface area contributed by atoms with Gasteiger partial charge in [0.15, 0.2) is 0 Å². The third-order valence-corrected chi connectivity index (χ3v) is 5.69. The zero-order valence-electron chi connectivity index (χ0n) is 13.6. The van der Waals surface area contributed by atoms with Gasteiger partial charge in [-0.1, -0.05) is 43.7 Å². The number of hydrogen-bond donors (Lipinski definition) is 1. The predicted molar refractivity (Wildman–Crippen MR) is 89.5 cm³/mol. The number of nitrogens with one attached hydrogen (secondary N) is 1. The summed E-state index contributed by atoms with van der Waals surface area (Å²) in [5.74, 6) is 0.953. The van der Waals surface area contributed by atoms with Crippen LogP contribution in [-0.4, -0.2) is 36.1 Å². The van der Waals surface area contributed by atoms with Crippen LogP contribution in [0.3, 0.4) is 0 Å². The maximum atomic E-state index is 3.79. The van der Waals surface area contributed by atoms with Crippen molar-refractivity contribution in [3.8, 4) is 0 Å². The summed E-state index contributed by atoms with van der Waals surface area (Å²) in [6.07, 6.45) is 6.77. The average Bonchev–Trinajstić information content (AvgIpc) is 2.46. The topological polar surface area (TPSA) is 15.3 Å². The first kappa shape index (κ1) is 15.1. The quantitative estimate of drug-likeness (QED) is 0.891. The monoisotopic (exact) mass is 286 g/mol. The van der Waals surface area contributed by atoms with E-state index in [0.717, 1.165) is 31.0 Å². The van der Waals surface area contributed by atoms with Crippen LogP contribution in [0.5, 0.6) is 0 Å². The average molecular weight is 286 g/mol. The van der Waals surface area contributed by atoms with Crippen molar-refractivity contribution in [3.05, 3.63) is 35.9 Å². The summed E-state index contributed by atoms with van der Waals surface area (Å²) < 4.78 is 0. The molecule has 1 aliphatic carbocycles. The number of piperazine rings is 1. The molecule has 3 atom stereocenters. The van der Waals surface area contributed by atoms with Crippen molar-refractivity contribution in [2.75, 3.05) is 13.1 Å². The molecule has 2 nitrogen and oxygen atoms in total. The zero-order chi connectivity index (χ0) is 14.7. The standard InChI is InChI=1S/C19H30N2/c1-3-19-13-20-18(12-16-8-5-4-6-9-16)14-21(19)15(2)17-10-7-11-17/h4-6,8-9,15,17-20H,3,7,10-14H2,1-2H3. The zero-order valence-corrected chi connectivity index (χ0v) is 13.6. The van der Waals surface area contributed by atoms with Gasteiger partial charge in [0.1, 0.15) is 0 Å². The van der Waals surface area contributed by atoms with E-state index >= 15 is 0 Å². The van der Waals surface area contributed by atoms with E-state index in [-0.39, 0.29) is 0 Å². The Hall–Kier alpha value is -0.860. The van der Waals surface area contributed by atoms with E-state index in [1.165, 1.54) is 37.8 Å². The van der Waals surface area contributed by atoms with E-state index in [9.17, 15) is 0 Å². The first-order chi connectivity index (χ1) is 10.3. The van der Waals surface area contributed by atoms with Crippen LogP contribution in [0.4, 0.5) is 0 Å². The maximum Gasteiger partial charge on any atom is 0.0236 e. The van der Waals surface area contributed by atoms with Gasteiger partial charge in [-0.15, -0.1) is 0 Å². The molecule has 1 saturated carbocycles. The second kappa shape index (κ2) is 6.93. The minimum atomic E-state index is 0.609. The first-order valence-electron chi connectivity index (χ1n) is 8.81. The van der Waals surface area contributed by atoms with Gasteiger partial charge >= 0.3 is 0 Å². The highest BCUT2D eigenvalue weighted by Crippen LogP contribution is 2.33. The van der Waals surface area contributed by atoms with Crippen molar-refractivity contribution in [1.82, 2.24) is 10.2 Å². The minimum Gasteiger partial charge on any atom is -0.311 e. The van der Waals surface area contributed by atoms with Gasteiger partial charge in [0, 0.05) is 31.2 Å². The van der Waals surface area contributed by atoms with Crippen LogP contribution in [0, 0.1) is 5.92 Å². The number of hydrogen-bond acceptors (Lipinski definition) is 2. The van der Waals surface area contributed by atoms with Gasteiger partial charge in [-0.05, 0) is 44.1 Å². The summed E-state index contributed by atoms with van der Waals surface area (Å²) in [6, 6.07) is 13.0. The SMILES string of the molecule is CCC1CNC(Cc2ccccc2)CN1C(C)C1CCC1. The van der Waals surface area contributed by atoms with E-state index < -0.39 is 0 Å². The summed E-state index contributed by atoms with van der Waals surface area (Å²) in [7, 11) is 0.